The normalized spacial score (nSPS) is 10.8. The van der Waals surface area contributed by atoms with Gasteiger partial charge in [0.2, 0.25) is 0 Å². The molecule has 0 radical (unpaired) electrons. The van der Waals surface area contributed by atoms with Crippen LogP contribution in [0.4, 0.5) is 0 Å². The quantitative estimate of drug-likeness (QED) is 0.705. The van der Waals surface area contributed by atoms with E-state index in [-0.39, 0.29) is 0 Å². The smallest absolute Gasteiger partial charge is 0.134 e. The number of benzene rings is 1. The van der Waals surface area contributed by atoms with Gasteiger partial charge in [-0.3, -0.25) is 0 Å². The Labute approximate surface area is 121 Å². The summed E-state index contributed by atoms with van der Waals surface area (Å²) >= 11 is 0. The van der Waals surface area contributed by atoms with Crippen LogP contribution in [0.1, 0.15) is 25.0 Å². The molecule has 0 aliphatic rings. The van der Waals surface area contributed by atoms with Gasteiger partial charge in [0.1, 0.15) is 11.5 Å². The number of hydrogen-bond acceptors (Lipinski definition) is 3. The standard InChI is InChI=1S/C17H23NO2/c1-19-13-7-3-6-12-18-14-16-10-11-17(20-16)15-8-4-2-5-9-15/h2,4-5,8-11,18H,3,6-7,12-14H2,1H3. The van der Waals surface area contributed by atoms with E-state index in [2.05, 4.69) is 17.4 Å². The van der Waals surface area contributed by atoms with Gasteiger partial charge in [-0.15, -0.1) is 0 Å². The largest absolute Gasteiger partial charge is 0.460 e. The maximum Gasteiger partial charge on any atom is 0.134 e. The Morgan fingerprint density at radius 2 is 1.85 bits per heavy atom. The van der Waals surface area contributed by atoms with E-state index in [1.54, 1.807) is 7.11 Å². The van der Waals surface area contributed by atoms with Crippen molar-refractivity contribution in [3.63, 3.8) is 0 Å². The molecule has 3 nitrogen and oxygen atoms in total. The molecular formula is C17H23NO2. The molecule has 2 aromatic rings. The second-order valence-electron chi connectivity index (χ2n) is 4.86. The molecule has 2 rings (SSSR count). The van der Waals surface area contributed by atoms with E-state index in [0.29, 0.717) is 0 Å². The second-order valence-corrected chi connectivity index (χ2v) is 4.86. The Morgan fingerprint density at radius 1 is 1.00 bits per heavy atom. The average Bonchev–Trinajstić information content (AvgIpc) is 2.96. The van der Waals surface area contributed by atoms with Crippen LogP contribution in [-0.2, 0) is 11.3 Å². The zero-order valence-electron chi connectivity index (χ0n) is 12.1. The lowest BCUT2D eigenvalue weighted by Crippen LogP contribution is -2.14. The Balaban J connectivity index is 1.69. The monoisotopic (exact) mass is 273 g/mol. The number of nitrogens with one attached hydrogen (secondary N) is 1. The summed E-state index contributed by atoms with van der Waals surface area (Å²) < 4.78 is 10.9. The SMILES string of the molecule is COCCCCCNCc1ccc(-c2ccccc2)o1. The minimum Gasteiger partial charge on any atom is -0.460 e. The van der Waals surface area contributed by atoms with Gasteiger partial charge in [-0.1, -0.05) is 30.3 Å². The van der Waals surface area contributed by atoms with Gasteiger partial charge >= 0.3 is 0 Å². The summed E-state index contributed by atoms with van der Waals surface area (Å²) in [6, 6.07) is 14.3. The first-order valence-electron chi connectivity index (χ1n) is 7.24. The Bertz CT molecular complexity index is 479. The van der Waals surface area contributed by atoms with Crippen molar-refractivity contribution in [3.8, 4) is 11.3 Å². The maximum atomic E-state index is 5.83. The number of methoxy groups -OCH3 is 1. The van der Waals surface area contributed by atoms with Crippen molar-refractivity contribution >= 4 is 0 Å². The van der Waals surface area contributed by atoms with Crippen molar-refractivity contribution in [2.45, 2.75) is 25.8 Å². The average molecular weight is 273 g/mol. The molecule has 0 fully saturated rings. The summed E-state index contributed by atoms with van der Waals surface area (Å²) in [5.41, 5.74) is 1.12. The minimum atomic E-state index is 0.789. The molecule has 3 heteroatoms. The van der Waals surface area contributed by atoms with E-state index in [9.17, 15) is 0 Å². The molecule has 0 spiro atoms. The molecule has 1 N–H and O–H groups in total. The van der Waals surface area contributed by atoms with Crippen LogP contribution < -0.4 is 5.32 Å². The molecule has 1 aromatic carbocycles. The van der Waals surface area contributed by atoms with Crippen LogP contribution in [0.15, 0.2) is 46.9 Å². The van der Waals surface area contributed by atoms with Crippen molar-refractivity contribution in [3.05, 3.63) is 48.2 Å². The minimum absolute atomic E-state index is 0.789. The summed E-state index contributed by atoms with van der Waals surface area (Å²) in [4.78, 5) is 0. The molecule has 0 aliphatic heterocycles. The van der Waals surface area contributed by atoms with Gasteiger partial charge in [0.15, 0.2) is 0 Å². The Kier molecular flexibility index (Phi) is 6.35. The van der Waals surface area contributed by atoms with Crippen LogP contribution in [0.25, 0.3) is 11.3 Å². The van der Waals surface area contributed by atoms with E-state index in [0.717, 1.165) is 43.2 Å². The van der Waals surface area contributed by atoms with Crippen LogP contribution in [0, 0.1) is 0 Å². The van der Waals surface area contributed by atoms with Gasteiger partial charge in [-0.2, -0.15) is 0 Å². The lowest BCUT2D eigenvalue weighted by Gasteiger charge is -2.03. The van der Waals surface area contributed by atoms with Crippen molar-refractivity contribution in [2.24, 2.45) is 0 Å². The molecule has 0 aliphatic carbocycles. The van der Waals surface area contributed by atoms with Gasteiger partial charge < -0.3 is 14.5 Å². The van der Waals surface area contributed by atoms with E-state index in [4.69, 9.17) is 9.15 Å². The molecule has 0 unspecified atom stereocenters. The van der Waals surface area contributed by atoms with Gasteiger partial charge in [-0.05, 0) is 37.9 Å². The highest BCUT2D eigenvalue weighted by molar-refractivity contribution is 5.57. The first-order chi connectivity index (χ1) is 9.90. The second kappa shape index (κ2) is 8.56. The first kappa shape index (κ1) is 14.8. The third kappa shape index (κ3) is 4.83. The number of furan rings is 1. The number of unbranched alkanes of at least 4 members (excludes halogenated alkanes) is 2. The number of rotatable bonds is 9. The van der Waals surface area contributed by atoms with Gasteiger partial charge in [0.25, 0.3) is 0 Å². The molecule has 1 aromatic heterocycles. The number of ether oxygens (including phenoxy) is 1. The van der Waals surface area contributed by atoms with Gasteiger partial charge in [0.05, 0.1) is 6.54 Å². The van der Waals surface area contributed by atoms with Crippen LogP contribution in [0.3, 0.4) is 0 Å². The molecule has 20 heavy (non-hydrogen) atoms. The summed E-state index contributed by atoms with van der Waals surface area (Å²) in [5.74, 6) is 1.92. The van der Waals surface area contributed by atoms with Crippen molar-refractivity contribution < 1.29 is 9.15 Å². The zero-order valence-corrected chi connectivity index (χ0v) is 12.1. The third-order valence-electron chi connectivity index (χ3n) is 3.22. The van der Waals surface area contributed by atoms with E-state index < -0.39 is 0 Å². The summed E-state index contributed by atoms with van der Waals surface area (Å²) in [5, 5.41) is 3.41. The fourth-order valence-corrected chi connectivity index (χ4v) is 2.12. The fraction of sp³-hybridized carbons (Fsp3) is 0.412. The zero-order chi connectivity index (χ0) is 14.0. The van der Waals surface area contributed by atoms with E-state index >= 15 is 0 Å². The van der Waals surface area contributed by atoms with Gasteiger partial charge in [0, 0.05) is 19.3 Å². The Hall–Kier alpha value is -1.58. The fourth-order valence-electron chi connectivity index (χ4n) is 2.12. The van der Waals surface area contributed by atoms with Crippen molar-refractivity contribution in [1.29, 1.82) is 0 Å². The summed E-state index contributed by atoms with van der Waals surface area (Å²) in [7, 11) is 1.75. The van der Waals surface area contributed by atoms with Crippen molar-refractivity contribution in [2.75, 3.05) is 20.3 Å². The highest BCUT2D eigenvalue weighted by Crippen LogP contribution is 2.21. The molecular weight excluding hydrogens is 250 g/mol. The third-order valence-corrected chi connectivity index (χ3v) is 3.22. The Morgan fingerprint density at radius 3 is 2.65 bits per heavy atom. The van der Waals surface area contributed by atoms with Crippen LogP contribution in [0.2, 0.25) is 0 Å². The summed E-state index contributed by atoms with van der Waals surface area (Å²) in [6.07, 6.45) is 3.51. The van der Waals surface area contributed by atoms with Crippen molar-refractivity contribution in [1.82, 2.24) is 5.32 Å². The van der Waals surface area contributed by atoms with E-state index in [1.165, 1.54) is 12.8 Å². The molecule has 1 heterocycles. The van der Waals surface area contributed by atoms with Crippen LogP contribution in [0.5, 0.6) is 0 Å². The van der Waals surface area contributed by atoms with Gasteiger partial charge in [-0.25, -0.2) is 0 Å². The topological polar surface area (TPSA) is 34.4 Å². The maximum absolute atomic E-state index is 5.83. The lowest BCUT2D eigenvalue weighted by atomic mass is 10.2. The first-order valence-corrected chi connectivity index (χ1v) is 7.24. The highest BCUT2D eigenvalue weighted by Gasteiger charge is 2.03. The highest BCUT2D eigenvalue weighted by atomic mass is 16.5. The van der Waals surface area contributed by atoms with Crippen LogP contribution >= 0.6 is 0 Å². The predicted molar refractivity (Wildman–Crippen MR) is 81.6 cm³/mol. The molecule has 0 atom stereocenters. The number of hydrogen-bond donors (Lipinski definition) is 1. The molecule has 108 valence electrons. The molecule has 0 bridgehead atoms. The predicted octanol–water partition coefficient (Wildman–Crippen LogP) is 3.85. The molecule has 0 saturated carbocycles. The molecule has 0 saturated heterocycles. The lowest BCUT2D eigenvalue weighted by molar-refractivity contribution is 0.192. The van der Waals surface area contributed by atoms with E-state index in [1.807, 2.05) is 30.3 Å². The van der Waals surface area contributed by atoms with Crippen LogP contribution in [-0.4, -0.2) is 20.3 Å². The molecule has 0 amide bonds. The summed E-state index contributed by atoms with van der Waals surface area (Å²) in [6.45, 7) is 2.67.